The number of rotatable bonds is 3. The number of hydrogen-bond donors (Lipinski definition) is 0. The molecule has 1 amide bonds. The molecular formula is C27H30F3N3O2. The van der Waals surface area contributed by atoms with E-state index in [1.807, 2.05) is 13.8 Å². The molecule has 1 unspecified atom stereocenters. The van der Waals surface area contributed by atoms with Gasteiger partial charge < -0.3 is 9.69 Å². The smallest absolute Gasteiger partial charge is 0.378 e. The van der Waals surface area contributed by atoms with Gasteiger partial charge in [-0.15, -0.1) is 0 Å². The molecule has 1 aliphatic rings. The first kappa shape index (κ1) is 27.6. The minimum atomic E-state index is -4.56. The van der Waals surface area contributed by atoms with Crippen molar-refractivity contribution in [2.24, 2.45) is 0 Å². The molecule has 0 radical (unpaired) electrons. The monoisotopic (exact) mass is 485 g/mol. The van der Waals surface area contributed by atoms with Crippen LogP contribution in [0.3, 0.4) is 0 Å². The average Bonchev–Trinajstić information content (AvgIpc) is 3.11. The number of amides is 1. The van der Waals surface area contributed by atoms with Crippen molar-refractivity contribution >= 4 is 23.7 Å². The Labute approximate surface area is 204 Å². The molecule has 0 aliphatic carbocycles. The highest BCUT2D eigenvalue weighted by Crippen LogP contribution is 2.38. The van der Waals surface area contributed by atoms with Crippen molar-refractivity contribution < 1.29 is 22.8 Å². The summed E-state index contributed by atoms with van der Waals surface area (Å²) in [4.78, 5) is 31.0. The number of hydrogen-bond acceptors (Lipinski definition) is 4. The Kier molecular flexibility index (Phi) is 9.17. The van der Waals surface area contributed by atoms with E-state index in [0.717, 1.165) is 17.0 Å². The number of fused-ring (bicyclic) bond motifs is 1. The molecular weight excluding hydrogens is 455 g/mol. The highest BCUT2D eigenvalue weighted by Gasteiger charge is 2.39. The predicted octanol–water partition coefficient (Wildman–Crippen LogP) is 6.40. The van der Waals surface area contributed by atoms with Crippen LogP contribution in [0.1, 0.15) is 52.6 Å². The van der Waals surface area contributed by atoms with Crippen LogP contribution in [0, 0.1) is 13.8 Å². The summed E-state index contributed by atoms with van der Waals surface area (Å²) in [6.07, 6.45) is -4.03. The van der Waals surface area contributed by atoms with Gasteiger partial charge in [-0.05, 0) is 55.3 Å². The Morgan fingerprint density at radius 3 is 2.17 bits per heavy atom. The standard InChI is InChI=1S/C16H11F3N2O2.C9H13N.C2H6/c1-9-6-10(16(17,18)19)7-14(20-9)21-13(8-22)11-4-2-3-5-12(11)15(21)23;1-8-5-4-6-9(7-8)10(2)3;1-2/h2-8,13H,1H3;4-7H,1-3H3;1-2H3. The summed E-state index contributed by atoms with van der Waals surface area (Å²) in [5.41, 5.74) is 2.54. The molecule has 0 N–H and O–H groups in total. The van der Waals surface area contributed by atoms with E-state index in [1.54, 1.807) is 18.2 Å². The quantitative estimate of drug-likeness (QED) is 0.403. The molecule has 0 spiro atoms. The number of carbonyl (C=O) groups excluding carboxylic acids is 2. The lowest BCUT2D eigenvalue weighted by atomic mass is 10.1. The maximum absolute atomic E-state index is 13.0. The van der Waals surface area contributed by atoms with Crippen LogP contribution in [-0.2, 0) is 11.0 Å². The molecule has 1 aromatic heterocycles. The zero-order chi connectivity index (χ0) is 26.3. The summed E-state index contributed by atoms with van der Waals surface area (Å²) in [7, 11) is 4.10. The van der Waals surface area contributed by atoms with Gasteiger partial charge in [0.1, 0.15) is 18.1 Å². The number of nitrogens with zero attached hydrogens (tertiary/aromatic N) is 3. The number of benzene rings is 2. The summed E-state index contributed by atoms with van der Waals surface area (Å²) in [6, 6.07) is 15.6. The van der Waals surface area contributed by atoms with Crippen LogP contribution in [0.25, 0.3) is 0 Å². The molecule has 0 saturated carbocycles. The maximum atomic E-state index is 13.0. The predicted molar refractivity (Wildman–Crippen MR) is 133 cm³/mol. The van der Waals surface area contributed by atoms with E-state index in [1.165, 1.54) is 24.2 Å². The van der Waals surface area contributed by atoms with E-state index in [0.29, 0.717) is 17.4 Å². The normalized spacial score (nSPS) is 14.3. The molecule has 2 aromatic carbocycles. The summed E-state index contributed by atoms with van der Waals surface area (Å²) in [5, 5.41) is 0. The molecule has 0 saturated heterocycles. The average molecular weight is 486 g/mol. The summed E-state index contributed by atoms with van der Waals surface area (Å²) < 4.78 is 38.9. The third kappa shape index (κ3) is 6.47. The van der Waals surface area contributed by atoms with E-state index >= 15 is 0 Å². The Balaban J connectivity index is 0.000000302. The number of anilines is 2. The van der Waals surface area contributed by atoms with Crippen molar-refractivity contribution in [3.8, 4) is 0 Å². The Morgan fingerprint density at radius 2 is 1.63 bits per heavy atom. The molecule has 8 heteroatoms. The number of halogens is 3. The van der Waals surface area contributed by atoms with Crippen LogP contribution >= 0.6 is 0 Å². The van der Waals surface area contributed by atoms with Gasteiger partial charge in [0.15, 0.2) is 0 Å². The Hall–Kier alpha value is -3.68. The second-order valence-corrected chi connectivity index (χ2v) is 7.93. The summed E-state index contributed by atoms with van der Waals surface area (Å²) in [5.74, 6) is -0.723. The van der Waals surface area contributed by atoms with Crippen LogP contribution in [-0.4, -0.2) is 31.3 Å². The van der Waals surface area contributed by atoms with Crippen molar-refractivity contribution in [2.75, 3.05) is 23.9 Å². The van der Waals surface area contributed by atoms with Gasteiger partial charge in [0, 0.05) is 31.0 Å². The van der Waals surface area contributed by atoms with Gasteiger partial charge in [-0.2, -0.15) is 13.2 Å². The van der Waals surface area contributed by atoms with Gasteiger partial charge in [-0.1, -0.05) is 44.2 Å². The molecule has 4 rings (SSSR count). The minimum absolute atomic E-state index is 0.114. The first-order valence-electron chi connectivity index (χ1n) is 11.2. The fraction of sp³-hybridized carbons (Fsp3) is 0.296. The van der Waals surface area contributed by atoms with Gasteiger partial charge in [-0.3, -0.25) is 9.69 Å². The molecule has 3 aromatic rings. The van der Waals surface area contributed by atoms with Gasteiger partial charge >= 0.3 is 6.18 Å². The topological polar surface area (TPSA) is 53.5 Å². The van der Waals surface area contributed by atoms with E-state index in [2.05, 4.69) is 55.2 Å². The number of aromatic nitrogens is 1. The lowest BCUT2D eigenvalue weighted by Crippen LogP contribution is -2.30. The summed E-state index contributed by atoms with van der Waals surface area (Å²) in [6.45, 7) is 7.51. The van der Waals surface area contributed by atoms with E-state index in [4.69, 9.17) is 0 Å². The summed E-state index contributed by atoms with van der Waals surface area (Å²) >= 11 is 0. The van der Waals surface area contributed by atoms with Crippen LogP contribution in [0.15, 0.2) is 60.7 Å². The zero-order valence-electron chi connectivity index (χ0n) is 20.7. The largest absolute Gasteiger partial charge is 0.416 e. The van der Waals surface area contributed by atoms with Gasteiger partial charge in [0.05, 0.1) is 5.56 Å². The number of carbonyl (C=O) groups is 2. The fourth-order valence-corrected chi connectivity index (χ4v) is 3.57. The highest BCUT2D eigenvalue weighted by atomic mass is 19.4. The number of aldehydes is 1. The third-order valence-electron chi connectivity index (χ3n) is 5.17. The molecule has 0 fully saturated rings. The van der Waals surface area contributed by atoms with Crippen LogP contribution in [0.4, 0.5) is 24.7 Å². The number of pyridine rings is 1. The maximum Gasteiger partial charge on any atom is 0.416 e. The van der Waals surface area contributed by atoms with Crippen LogP contribution < -0.4 is 9.80 Å². The van der Waals surface area contributed by atoms with Crippen molar-refractivity contribution in [3.05, 3.63) is 88.6 Å². The van der Waals surface area contributed by atoms with Gasteiger partial charge in [0.25, 0.3) is 5.91 Å². The molecule has 5 nitrogen and oxygen atoms in total. The number of aryl methyl sites for hydroxylation is 2. The molecule has 186 valence electrons. The van der Waals surface area contributed by atoms with Gasteiger partial charge in [-0.25, -0.2) is 4.98 Å². The van der Waals surface area contributed by atoms with Gasteiger partial charge in [0.2, 0.25) is 0 Å². The molecule has 0 bridgehead atoms. The second kappa shape index (κ2) is 11.6. The molecule has 1 atom stereocenters. The van der Waals surface area contributed by atoms with Crippen LogP contribution in [0.2, 0.25) is 0 Å². The van der Waals surface area contributed by atoms with Crippen LogP contribution in [0.5, 0.6) is 0 Å². The fourth-order valence-electron chi connectivity index (χ4n) is 3.57. The third-order valence-corrected chi connectivity index (χ3v) is 5.17. The van der Waals surface area contributed by atoms with Crippen molar-refractivity contribution in [2.45, 2.75) is 39.9 Å². The Morgan fingerprint density at radius 1 is 0.971 bits per heavy atom. The van der Waals surface area contributed by atoms with E-state index < -0.39 is 23.7 Å². The first-order chi connectivity index (χ1) is 16.5. The highest BCUT2D eigenvalue weighted by molar-refractivity contribution is 6.13. The zero-order valence-corrected chi connectivity index (χ0v) is 20.7. The SMILES string of the molecule is CC.Cc1cc(C(F)(F)F)cc(N2C(=O)c3ccccc3C2C=O)n1.Cc1cccc(N(C)C)c1. The van der Waals surface area contributed by atoms with Crippen molar-refractivity contribution in [1.29, 1.82) is 0 Å². The minimum Gasteiger partial charge on any atom is -0.378 e. The van der Waals surface area contributed by atoms with E-state index in [-0.39, 0.29) is 11.5 Å². The molecule has 1 aliphatic heterocycles. The first-order valence-corrected chi connectivity index (χ1v) is 11.2. The van der Waals surface area contributed by atoms with E-state index in [9.17, 15) is 22.8 Å². The molecule has 35 heavy (non-hydrogen) atoms. The Bertz CT molecular complexity index is 1180. The molecule has 2 heterocycles. The lowest BCUT2D eigenvalue weighted by molar-refractivity contribution is -0.137. The second-order valence-electron chi connectivity index (χ2n) is 7.93. The van der Waals surface area contributed by atoms with Crippen molar-refractivity contribution in [1.82, 2.24) is 4.98 Å². The van der Waals surface area contributed by atoms with Crippen molar-refractivity contribution in [3.63, 3.8) is 0 Å². The number of alkyl halides is 3. The lowest BCUT2D eigenvalue weighted by Gasteiger charge is -2.21.